The molecule has 2 heterocycles. The van der Waals surface area contributed by atoms with Gasteiger partial charge >= 0.3 is 0 Å². The molecule has 0 bridgehead atoms. The number of fused-ring (bicyclic) bond motifs is 1. The van der Waals surface area contributed by atoms with Crippen LogP contribution in [0.4, 0.5) is 0 Å². The second-order valence-electron chi connectivity index (χ2n) is 8.06. The number of methoxy groups -OCH3 is 1. The highest BCUT2D eigenvalue weighted by Crippen LogP contribution is 2.46. The van der Waals surface area contributed by atoms with E-state index >= 15 is 0 Å². The summed E-state index contributed by atoms with van der Waals surface area (Å²) in [6, 6.07) is 17.8. The molecule has 0 saturated heterocycles. The van der Waals surface area contributed by atoms with E-state index < -0.39 is 5.92 Å². The van der Waals surface area contributed by atoms with Gasteiger partial charge in [-0.05, 0) is 67.6 Å². The number of benzene rings is 2. The van der Waals surface area contributed by atoms with Crippen LogP contribution in [0, 0.1) is 11.3 Å². The molecule has 32 heavy (non-hydrogen) atoms. The maximum Gasteiger partial charge on any atom is 0.244 e. The number of rotatable bonds is 5. The highest BCUT2D eigenvalue weighted by atomic mass is 16.5. The molecule has 1 saturated carbocycles. The number of nitrogens with zero attached hydrogens (tertiary/aromatic N) is 2. The van der Waals surface area contributed by atoms with Crippen molar-refractivity contribution in [1.82, 2.24) is 10.2 Å². The molecule has 0 amide bonds. The smallest absolute Gasteiger partial charge is 0.244 e. The highest BCUT2D eigenvalue weighted by Gasteiger charge is 2.35. The molecule has 0 unspecified atom stereocenters. The van der Waals surface area contributed by atoms with E-state index in [9.17, 15) is 5.26 Å². The Balaban J connectivity index is 1.54. The van der Waals surface area contributed by atoms with Crippen LogP contribution in [-0.4, -0.2) is 23.4 Å². The SMILES string of the molecule is COc1ccc(-c2[nH]nc3c2[C@H](c2ccc(OC4CCCC4)cc2)C(C#N)=C(N)O3)cc1. The Bertz CT molecular complexity index is 1180. The minimum Gasteiger partial charge on any atom is -0.497 e. The van der Waals surface area contributed by atoms with Crippen molar-refractivity contribution in [2.75, 3.05) is 7.11 Å². The van der Waals surface area contributed by atoms with Crippen molar-refractivity contribution in [2.24, 2.45) is 5.73 Å². The van der Waals surface area contributed by atoms with Crippen molar-refractivity contribution in [3.8, 4) is 34.7 Å². The number of nitrogens with one attached hydrogen (secondary N) is 1. The zero-order valence-corrected chi connectivity index (χ0v) is 17.8. The topological polar surface area (TPSA) is 106 Å². The van der Waals surface area contributed by atoms with Gasteiger partial charge in [0.25, 0.3) is 0 Å². The van der Waals surface area contributed by atoms with Gasteiger partial charge in [-0.25, -0.2) is 0 Å². The normalized spacial score (nSPS) is 18.1. The molecule has 3 aromatic rings. The number of aromatic nitrogens is 2. The molecule has 1 aliphatic heterocycles. The molecule has 1 aromatic heterocycles. The van der Waals surface area contributed by atoms with Gasteiger partial charge < -0.3 is 19.9 Å². The van der Waals surface area contributed by atoms with Crippen molar-refractivity contribution in [2.45, 2.75) is 37.7 Å². The highest BCUT2D eigenvalue weighted by molar-refractivity contribution is 5.71. The Labute approximate surface area is 186 Å². The van der Waals surface area contributed by atoms with Crippen molar-refractivity contribution >= 4 is 0 Å². The van der Waals surface area contributed by atoms with Crippen molar-refractivity contribution < 1.29 is 14.2 Å². The van der Waals surface area contributed by atoms with E-state index in [1.807, 2.05) is 48.5 Å². The van der Waals surface area contributed by atoms with Gasteiger partial charge in [0.05, 0.1) is 30.4 Å². The summed E-state index contributed by atoms with van der Waals surface area (Å²) in [6.45, 7) is 0. The lowest BCUT2D eigenvalue weighted by atomic mass is 9.83. The molecule has 3 N–H and O–H groups in total. The summed E-state index contributed by atoms with van der Waals surface area (Å²) < 4.78 is 17.1. The second kappa shape index (κ2) is 8.31. The number of nitrogens with two attached hydrogens (primary N) is 1. The number of hydrogen-bond donors (Lipinski definition) is 2. The monoisotopic (exact) mass is 428 g/mol. The number of ether oxygens (including phenoxy) is 3. The number of hydrogen-bond acceptors (Lipinski definition) is 6. The first-order valence-corrected chi connectivity index (χ1v) is 10.7. The molecule has 7 nitrogen and oxygen atoms in total. The van der Waals surface area contributed by atoms with Crippen LogP contribution in [0.2, 0.25) is 0 Å². The van der Waals surface area contributed by atoms with Gasteiger partial charge in [0.2, 0.25) is 11.8 Å². The van der Waals surface area contributed by atoms with Gasteiger partial charge in [0, 0.05) is 5.56 Å². The Kier molecular flexibility index (Phi) is 5.20. The molecule has 0 spiro atoms. The number of nitriles is 1. The zero-order valence-electron chi connectivity index (χ0n) is 17.8. The van der Waals surface area contributed by atoms with E-state index in [0.717, 1.165) is 46.7 Å². The van der Waals surface area contributed by atoms with Gasteiger partial charge in [0.15, 0.2) is 0 Å². The maximum absolute atomic E-state index is 9.89. The minimum absolute atomic E-state index is 0.0732. The summed E-state index contributed by atoms with van der Waals surface area (Å²) in [6.07, 6.45) is 4.93. The Morgan fingerprint density at radius 2 is 1.75 bits per heavy atom. The third-order valence-electron chi connectivity index (χ3n) is 6.14. The second-order valence-corrected chi connectivity index (χ2v) is 8.06. The van der Waals surface area contributed by atoms with Crippen LogP contribution in [0.15, 0.2) is 60.0 Å². The lowest BCUT2D eigenvalue weighted by Crippen LogP contribution is -2.21. The first kappa shape index (κ1) is 20.0. The molecule has 2 aromatic carbocycles. The fraction of sp³-hybridized carbons (Fsp3) is 0.280. The molecule has 1 aliphatic carbocycles. The zero-order chi connectivity index (χ0) is 22.1. The molecular weight excluding hydrogens is 404 g/mol. The van der Waals surface area contributed by atoms with E-state index in [-0.39, 0.29) is 12.0 Å². The minimum atomic E-state index is -0.403. The summed E-state index contributed by atoms with van der Waals surface area (Å²) in [4.78, 5) is 0. The van der Waals surface area contributed by atoms with E-state index in [1.54, 1.807) is 7.11 Å². The largest absolute Gasteiger partial charge is 0.497 e. The molecule has 5 rings (SSSR count). The average Bonchev–Trinajstić information content (AvgIpc) is 3.49. The predicted octanol–water partition coefficient (Wildman–Crippen LogP) is 4.62. The lowest BCUT2D eigenvalue weighted by molar-refractivity contribution is 0.210. The van der Waals surface area contributed by atoms with Crippen LogP contribution in [0.1, 0.15) is 42.7 Å². The van der Waals surface area contributed by atoms with E-state index in [0.29, 0.717) is 11.5 Å². The standard InChI is InChI=1S/C25H24N4O3/c1-30-17-10-8-16(9-11-17)23-22-21(20(14-26)24(27)32-25(22)29-28-23)15-6-12-19(13-7-15)31-18-4-2-3-5-18/h6-13,18,21H,2-5,27H2,1H3,(H,28,29)/t21-/m1/s1. The molecule has 1 atom stereocenters. The van der Waals surface area contributed by atoms with Crippen LogP contribution in [0.25, 0.3) is 11.3 Å². The van der Waals surface area contributed by atoms with Crippen LogP contribution in [0.3, 0.4) is 0 Å². The summed E-state index contributed by atoms with van der Waals surface area (Å²) in [5.41, 5.74) is 9.85. The fourth-order valence-corrected chi connectivity index (χ4v) is 4.49. The van der Waals surface area contributed by atoms with Gasteiger partial charge in [-0.3, -0.25) is 5.10 Å². The first-order valence-electron chi connectivity index (χ1n) is 10.7. The van der Waals surface area contributed by atoms with Gasteiger partial charge in [-0.1, -0.05) is 12.1 Å². The lowest BCUT2D eigenvalue weighted by Gasteiger charge is -2.24. The van der Waals surface area contributed by atoms with Gasteiger partial charge in [-0.15, -0.1) is 5.10 Å². The van der Waals surface area contributed by atoms with E-state index in [2.05, 4.69) is 16.3 Å². The Hall–Kier alpha value is -3.92. The summed E-state index contributed by atoms with van der Waals surface area (Å²) in [5.74, 6) is 1.65. The summed E-state index contributed by atoms with van der Waals surface area (Å²) in [7, 11) is 1.63. The first-order chi connectivity index (χ1) is 15.7. The quantitative estimate of drug-likeness (QED) is 0.614. The summed E-state index contributed by atoms with van der Waals surface area (Å²) in [5, 5.41) is 17.3. The van der Waals surface area contributed by atoms with E-state index in [4.69, 9.17) is 19.9 Å². The molecule has 162 valence electrons. The predicted molar refractivity (Wildman–Crippen MR) is 119 cm³/mol. The number of aromatic amines is 1. The molecule has 7 heteroatoms. The van der Waals surface area contributed by atoms with Crippen molar-refractivity contribution in [1.29, 1.82) is 5.26 Å². The molecule has 0 radical (unpaired) electrons. The van der Waals surface area contributed by atoms with Crippen LogP contribution in [0.5, 0.6) is 17.4 Å². The van der Waals surface area contributed by atoms with Crippen LogP contribution >= 0.6 is 0 Å². The van der Waals surface area contributed by atoms with Crippen LogP contribution in [-0.2, 0) is 0 Å². The third-order valence-corrected chi connectivity index (χ3v) is 6.14. The fourth-order valence-electron chi connectivity index (χ4n) is 4.49. The summed E-state index contributed by atoms with van der Waals surface area (Å²) >= 11 is 0. The third kappa shape index (κ3) is 3.54. The molecule has 2 aliphatic rings. The van der Waals surface area contributed by atoms with Crippen molar-refractivity contribution in [3.05, 3.63) is 71.1 Å². The van der Waals surface area contributed by atoms with Crippen molar-refractivity contribution in [3.63, 3.8) is 0 Å². The maximum atomic E-state index is 9.89. The van der Waals surface area contributed by atoms with E-state index in [1.165, 1.54) is 12.8 Å². The van der Waals surface area contributed by atoms with Crippen LogP contribution < -0.4 is 19.9 Å². The average molecular weight is 428 g/mol. The van der Waals surface area contributed by atoms with Gasteiger partial charge in [-0.2, -0.15) is 5.26 Å². The number of H-pyrrole nitrogens is 1. The molecular formula is C25H24N4O3. The molecule has 1 fully saturated rings. The number of allylic oxidation sites excluding steroid dienone is 1. The van der Waals surface area contributed by atoms with Gasteiger partial charge in [0.1, 0.15) is 23.1 Å². The Morgan fingerprint density at radius 3 is 2.41 bits per heavy atom. The Morgan fingerprint density at radius 1 is 1.06 bits per heavy atom.